The van der Waals surface area contributed by atoms with Gasteiger partial charge in [0.15, 0.2) is 5.16 Å². The maximum atomic E-state index is 11.7. The molecule has 0 aliphatic rings. The first-order chi connectivity index (χ1) is 8.49. The molecule has 0 spiro atoms. The lowest BCUT2D eigenvalue weighted by atomic mass is 10.4. The zero-order valence-corrected chi connectivity index (χ0v) is 11.7. The number of carbonyl (C=O) groups is 2. The van der Waals surface area contributed by atoms with Gasteiger partial charge in [0, 0.05) is 13.6 Å². The second-order valence-electron chi connectivity index (χ2n) is 3.60. The van der Waals surface area contributed by atoms with Crippen LogP contribution in [0.15, 0.2) is 5.16 Å². The first-order valence-corrected chi connectivity index (χ1v) is 6.46. The van der Waals surface area contributed by atoms with E-state index in [4.69, 9.17) is 0 Å². The van der Waals surface area contributed by atoms with Crippen LogP contribution in [0.3, 0.4) is 0 Å². The Labute approximate surface area is 110 Å². The van der Waals surface area contributed by atoms with Gasteiger partial charge in [-0.1, -0.05) is 11.8 Å². The predicted molar refractivity (Wildman–Crippen MR) is 68.4 cm³/mol. The number of nitrogens with zero attached hydrogens (tertiary/aromatic N) is 3. The Morgan fingerprint density at radius 1 is 1.44 bits per heavy atom. The Hall–Kier alpha value is -1.57. The number of hydrogen-bond donors (Lipinski definition) is 2. The summed E-state index contributed by atoms with van der Waals surface area (Å²) in [5, 5.41) is 12.8. The van der Waals surface area contributed by atoms with Gasteiger partial charge in [-0.3, -0.25) is 10.1 Å². The van der Waals surface area contributed by atoms with Gasteiger partial charge < -0.3 is 9.88 Å². The average Bonchev–Trinajstić information content (AvgIpc) is 2.69. The summed E-state index contributed by atoms with van der Waals surface area (Å²) in [5.41, 5.74) is 0. The normalized spacial score (nSPS) is 12.0. The van der Waals surface area contributed by atoms with Crippen molar-refractivity contribution >= 4 is 23.7 Å². The van der Waals surface area contributed by atoms with Crippen LogP contribution in [0.2, 0.25) is 0 Å². The molecule has 0 bridgehead atoms. The Morgan fingerprint density at radius 2 is 2.11 bits per heavy atom. The van der Waals surface area contributed by atoms with Crippen LogP contribution in [0.5, 0.6) is 0 Å². The second-order valence-corrected chi connectivity index (χ2v) is 4.91. The number of nitrogens with one attached hydrogen (secondary N) is 2. The minimum Gasteiger partial charge on any atom is -0.341 e. The van der Waals surface area contributed by atoms with Crippen LogP contribution in [0.4, 0.5) is 4.79 Å². The zero-order chi connectivity index (χ0) is 13.7. The Bertz CT molecular complexity index is 445. The first-order valence-electron chi connectivity index (χ1n) is 5.58. The van der Waals surface area contributed by atoms with E-state index in [1.54, 1.807) is 6.92 Å². The lowest BCUT2D eigenvalue weighted by Gasteiger charge is -2.11. The SMILES string of the molecule is CCn1c(C)nnc1S[C@@H](C)C(=O)NC(=O)NC. The quantitative estimate of drug-likeness (QED) is 0.780. The third kappa shape index (κ3) is 3.46. The summed E-state index contributed by atoms with van der Waals surface area (Å²) in [6, 6.07) is -0.513. The van der Waals surface area contributed by atoms with Gasteiger partial charge in [0.1, 0.15) is 5.82 Å². The lowest BCUT2D eigenvalue weighted by molar-refractivity contribution is -0.119. The van der Waals surface area contributed by atoms with Gasteiger partial charge in [-0.2, -0.15) is 0 Å². The summed E-state index contributed by atoms with van der Waals surface area (Å²) in [7, 11) is 1.46. The topological polar surface area (TPSA) is 88.9 Å². The summed E-state index contributed by atoms with van der Waals surface area (Å²) in [4.78, 5) is 22.7. The summed E-state index contributed by atoms with van der Waals surface area (Å²) < 4.78 is 1.91. The highest BCUT2D eigenvalue weighted by Gasteiger charge is 2.19. The highest BCUT2D eigenvalue weighted by atomic mass is 32.2. The molecule has 0 saturated heterocycles. The van der Waals surface area contributed by atoms with Gasteiger partial charge >= 0.3 is 6.03 Å². The number of urea groups is 1. The molecular formula is C10H17N5O2S. The molecule has 0 aliphatic heterocycles. The highest BCUT2D eigenvalue weighted by Crippen LogP contribution is 2.22. The summed E-state index contributed by atoms with van der Waals surface area (Å²) in [6.45, 7) is 6.30. The van der Waals surface area contributed by atoms with E-state index in [2.05, 4.69) is 20.8 Å². The standard InChI is InChI=1S/C10H17N5O2S/c1-5-15-7(3)13-14-10(15)18-6(2)8(16)12-9(17)11-4/h6H,5H2,1-4H3,(H2,11,12,16,17)/t6-/m0/s1. The van der Waals surface area contributed by atoms with Crippen molar-refractivity contribution in [1.82, 2.24) is 25.4 Å². The van der Waals surface area contributed by atoms with E-state index < -0.39 is 11.3 Å². The van der Waals surface area contributed by atoms with Crippen LogP contribution in [0.25, 0.3) is 0 Å². The van der Waals surface area contributed by atoms with Crippen molar-refractivity contribution in [3.8, 4) is 0 Å². The fraction of sp³-hybridized carbons (Fsp3) is 0.600. The number of aromatic nitrogens is 3. The molecule has 7 nitrogen and oxygen atoms in total. The van der Waals surface area contributed by atoms with E-state index in [9.17, 15) is 9.59 Å². The molecule has 0 unspecified atom stereocenters. The van der Waals surface area contributed by atoms with E-state index in [-0.39, 0.29) is 5.91 Å². The van der Waals surface area contributed by atoms with Crippen LogP contribution in [-0.4, -0.2) is 39.0 Å². The molecule has 1 rings (SSSR count). The minimum absolute atomic E-state index is 0.359. The Morgan fingerprint density at radius 3 is 2.67 bits per heavy atom. The van der Waals surface area contributed by atoms with Crippen molar-refractivity contribution in [2.75, 3.05) is 7.05 Å². The van der Waals surface area contributed by atoms with Crippen molar-refractivity contribution in [2.45, 2.75) is 37.7 Å². The van der Waals surface area contributed by atoms with E-state index in [1.165, 1.54) is 18.8 Å². The van der Waals surface area contributed by atoms with Crippen LogP contribution in [0.1, 0.15) is 19.7 Å². The number of aryl methyl sites for hydroxylation is 1. The maximum Gasteiger partial charge on any atom is 0.321 e. The summed E-state index contributed by atoms with van der Waals surface area (Å²) in [6.07, 6.45) is 0. The minimum atomic E-state index is -0.513. The Balaban J connectivity index is 2.66. The molecular weight excluding hydrogens is 254 g/mol. The van der Waals surface area contributed by atoms with Crippen molar-refractivity contribution in [2.24, 2.45) is 0 Å². The molecule has 0 aromatic carbocycles. The van der Waals surface area contributed by atoms with Crippen LogP contribution >= 0.6 is 11.8 Å². The molecule has 1 aromatic heterocycles. The molecule has 1 heterocycles. The van der Waals surface area contributed by atoms with Crippen LogP contribution < -0.4 is 10.6 Å². The van der Waals surface area contributed by atoms with Gasteiger partial charge in [0.05, 0.1) is 5.25 Å². The fourth-order valence-corrected chi connectivity index (χ4v) is 2.26. The largest absolute Gasteiger partial charge is 0.341 e. The van der Waals surface area contributed by atoms with E-state index in [0.717, 1.165) is 12.4 Å². The average molecular weight is 271 g/mol. The lowest BCUT2D eigenvalue weighted by Crippen LogP contribution is -2.41. The van der Waals surface area contributed by atoms with Gasteiger partial charge in [-0.05, 0) is 20.8 Å². The van der Waals surface area contributed by atoms with Gasteiger partial charge in [0.25, 0.3) is 0 Å². The molecule has 3 amide bonds. The van der Waals surface area contributed by atoms with E-state index in [1.807, 2.05) is 18.4 Å². The molecule has 8 heteroatoms. The first kappa shape index (κ1) is 14.5. The number of carbonyl (C=O) groups excluding carboxylic acids is 2. The number of thioether (sulfide) groups is 1. The van der Waals surface area contributed by atoms with Crippen molar-refractivity contribution in [3.05, 3.63) is 5.82 Å². The third-order valence-electron chi connectivity index (χ3n) is 2.33. The summed E-state index contributed by atoms with van der Waals surface area (Å²) >= 11 is 1.27. The monoisotopic (exact) mass is 271 g/mol. The van der Waals surface area contributed by atoms with Crippen molar-refractivity contribution < 1.29 is 9.59 Å². The predicted octanol–water partition coefficient (Wildman–Crippen LogP) is 0.543. The van der Waals surface area contributed by atoms with Crippen LogP contribution in [0, 0.1) is 6.92 Å². The third-order valence-corrected chi connectivity index (χ3v) is 3.41. The van der Waals surface area contributed by atoms with Gasteiger partial charge in [-0.15, -0.1) is 10.2 Å². The van der Waals surface area contributed by atoms with Crippen molar-refractivity contribution in [3.63, 3.8) is 0 Å². The van der Waals surface area contributed by atoms with Crippen molar-refractivity contribution in [1.29, 1.82) is 0 Å². The summed E-state index contributed by atoms with van der Waals surface area (Å²) in [5.74, 6) is 0.446. The number of amides is 3. The molecule has 0 fully saturated rings. The number of rotatable bonds is 4. The number of imide groups is 1. The zero-order valence-electron chi connectivity index (χ0n) is 10.9. The second kappa shape index (κ2) is 6.39. The van der Waals surface area contributed by atoms with Gasteiger partial charge in [-0.25, -0.2) is 4.79 Å². The molecule has 2 N–H and O–H groups in total. The van der Waals surface area contributed by atoms with Crippen LogP contribution in [-0.2, 0) is 11.3 Å². The fourth-order valence-electron chi connectivity index (χ4n) is 1.30. The molecule has 0 radical (unpaired) electrons. The van der Waals surface area contributed by atoms with E-state index in [0.29, 0.717) is 5.16 Å². The molecule has 100 valence electrons. The van der Waals surface area contributed by atoms with E-state index >= 15 is 0 Å². The Kier molecular flexibility index (Phi) is 5.14. The molecule has 0 aliphatic carbocycles. The maximum absolute atomic E-state index is 11.7. The molecule has 1 atom stereocenters. The highest BCUT2D eigenvalue weighted by molar-refractivity contribution is 8.00. The smallest absolute Gasteiger partial charge is 0.321 e. The number of hydrogen-bond acceptors (Lipinski definition) is 5. The molecule has 18 heavy (non-hydrogen) atoms. The van der Waals surface area contributed by atoms with Gasteiger partial charge in [0.2, 0.25) is 5.91 Å². The molecule has 0 saturated carbocycles. The molecule has 1 aromatic rings.